The first kappa shape index (κ1) is 17.2. The van der Waals surface area contributed by atoms with Gasteiger partial charge in [-0.3, -0.25) is 9.59 Å². The number of rotatable bonds is 8. The van der Waals surface area contributed by atoms with Crippen molar-refractivity contribution in [1.82, 2.24) is 5.32 Å². The van der Waals surface area contributed by atoms with Gasteiger partial charge in [0.2, 0.25) is 5.91 Å². The second-order valence-corrected chi connectivity index (χ2v) is 5.30. The van der Waals surface area contributed by atoms with Gasteiger partial charge in [0.1, 0.15) is 0 Å². The van der Waals surface area contributed by atoms with E-state index in [0.717, 1.165) is 12.0 Å². The summed E-state index contributed by atoms with van der Waals surface area (Å²) in [4.78, 5) is 23.5. The molecule has 0 saturated carbocycles. The largest absolute Gasteiger partial charge is 0.463 e. The molecule has 1 rings (SSSR count). The molecule has 1 N–H and O–H groups in total. The molecule has 1 aromatic carbocycles. The van der Waals surface area contributed by atoms with Crippen LogP contribution < -0.4 is 5.32 Å². The van der Waals surface area contributed by atoms with Crippen LogP contribution in [0, 0.1) is 0 Å². The van der Waals surface area contributed by atoms with Crippen LogP contribution in [0.3, 0.4) is 0 Å². The number of nitrogens with one attached hydrogen (secondary N) is 1. The van der Waals surface area contributed by atoms with Crippen LogP contribution >= 0.6 is 0 Å². The van der Waals surface area contributed by atoms with Crippen LogP contribution in [0.15, 0.2) is 30.3 Å². The van der Waals surface area contributed by atoms with E-state index < -0.39 is 0 Å². The third-order valence-corrected chi connectivity index (χ3v) is 3.15. The number of benzene rings is 1. The topological polar surface area (TPSA) is 55.4 Å². The van der Waals surface area contributed by atoms with Gasteiger partial charge < -0.3 is 10.1 Å². The van der Waals surface area contributed by atoms with Gasteiger partial charge in [0.25, 0.3) is 0 Å². The summed E-state index contributed by atoms with van der Waals surface area (Å²) < 4.78 is 5.04. The Labute approximate surface area is 126 Å². The Kier molecular flexibility index (Phi) is 7.51. The molecule has 0 aliphatic rings. The first-order valence-electron chi connectivity index (χ1n) is 7.56. The Hall–Kier alpha value is -1.84. The summed E-state index contributed by atoms with van der Waals surface area (Å²) in [6.45, 7) is 6.14. The summed E-state index contributed by atoms with van der Waals surface area (Å²) in [5.74, 6) is -0.330. The normalized spacial score (nSPS) is 12.0. The number of amides is 1. The maximum absolute atomic E-state index is 12.2. The van der Waals surface area contributed by atoms with Crippen molar-refractivity contribution in [3.63, 3.8) is 0 Å². The van der Waals surface area contributed by atoms with E-state index in [1.165, 1.54) is 0 Å². The van der Waals surface area contributed by atoms with Crippen LogP contribution in [0.25, 0.3) is 0 Å². The third kappa shape index (κ3) is 6.43. The zero-order valence-electron chi connectivity index (χ0n) is 13.1. The van der Waals surface area contributed by atoms with Crippen molar-refractivity contribution >= 4 is 11.9 Å². The summed E-state index contributed by atoms with van der Waals surface area (Å²) in [7, 11) is 0. The highest BCUT2D eigenvalue weighted by molar-refractivity contribution is 5.83. The molecule has 0 heterocycles. The fourth-order valence-corrected chi connectivity index (χ4v) is 2.15. The monoisotopic (exact) mass is 291 g/mol. The van der Waals surface area contributed by atoms with E-state index in [9.17, 15) is 9.59 Å². The van der Waals surface area contributed by atoms with Crippen LogP contribution in [0.5, 0.6) is 0 Å². The zero-order chi connectivity index (χ0) is 15.7. The highest BCUT2D eigenvalue weighted by atomic mass is 16.5. The lowest BCUT2D eigenvalue weighted by Crippen LogP contribution is -2.30. The van der Waals surface area contributed by atoms with Gasteiger partial charge in [-0.05, 0) is 32.3 Å². The Morgan fingerprint density at radius 3 is 2.43 bits per heavy atom. The SMILES string of the molecule is CCC(C(=O)NCCCC(=O)OC(C)C)c1ccccc1. The lowest BCUT2D eigenvalue weighted by Gasteiger charge is -2.15. The molecule has 0 fully saturated rings. The lowest BCUT2D eigenvalue weighted by molar-refractivity contribution is -0.147. The highest BCUT2D eigenvalue weighted by Gasteiger charge is 2.17. The number of hydrogen-bond donors (Lipinski definition) is 1. The first-order chi connectivity index (χ1) is 10.0. The smallest absolute Gasteiger partial charge is 0.306 e. The van der Waals surface area contributed by atoms with Gasteiger partial charge in [0.15, 0.2) is 0 Å². The van der Waals surface area contributed by atoms with Crippen LogP contribution in [0.1, 0.15) is 51.5 Å². The van der Waals surface area contributed by atoms with Gasteiger partial charge in [-0.25, -0.2) is 0 Å². The molecule has 1 unspecified atom stereocenters. The van der Waals surface area contributed by atoms with Crippen LogP contribution in [-0.4, -0.2) is 24.5 Å². The third-order valence-electron chi connectivity index (χ3n) is 3.15. The molecule has 0 aliphatic carbocycles. The molecule has 1 amide bonds. The van der Waals surface area contributed by atoms with Crippen molar-refractivity contribution < 1.29 is 14.3 Å². The lowest BCUT2D eigenvalue weighted by atomic mass is 9.95. The molecule has 0 aromatic heterocycles. The average molecular weight is 291 g/mol. The number of ether oxygens (including phenoxy) is 1. The molecular formula is C17H25NO3. The minimum atomic E-state index is -0.214. The van der Waals surface area contributed by atoms with Gasteiger partial charge in [-0.15, -0.1) is 0 Å². The zero-order valence-corrected chi connectivity index (χ0v) is 13.1. The van der Waals surface area contributed by atoms with Crippen molar-refractivity contribution in [1.29, 1.82) is 0 Å². The fourth-order valence-electron chi connectivity index (χ4n) is 2.15. The van der Waals surface area contributed by atoms with Gasteiger partial charge in [0.05, 0.1) is 12.0 Å². The number of carbonyl (C=O) groups excluding carboxylic acids is 2. The second-order valence-electron chi connectivity index (χ2n) is 5.30. The van der Waals surface area contributed by atoms with E-state index in [2.05, 4.69) is 5.32 Å². The molecule has 1 atom stereocenters. The molecule has 0 radical (unpaired) electrons. The summed E-state index contributed by atoms with van der Waals surface area (Å²) in [5.41, 5.74) is 1.02. The molecule has 4 heteroatoms. The average Bonchev–Trinajstić information content (AvgIpc) is 2.45. The minimum Gasteiger partial charge on any atom is -0.463 e. The Morgan fingerprint density at radius 1 is 1.19 bits per heavy atom. The molecule has 0 spiro atoms. The molecule has 116 valence electrons. The van der Waals surface area contributed by atoms with E-state index in [1.54, 1.807) is 0 Å². The Balaban J connectivity index is 2.34. The van der Waals surface area contributed by atoms with Crippen molar-refractivity contribution in [2.75, 3.05) is 6.54 Å². The fraction of sp³-hybridized carbons (Fsp3) is 0.529. The maximum atomic E-state index is 12.2. The van der Waals surface area contributed by atoms with Gasteiger partial charge in [0, 0.05) is 13.0 Å². The van der Waals surface area contributed by atoms with Gasteiger partial charge in [-0.2, -0.15) is 0 Å². The van der Waals surface area contributed by atoms with Gasteiger partial charge in [-0.1, -0.05) is 37.3 Å². The van der Waals surface area contributed by atoms with Crippen molar-refractivity contribution in [2.24, 2.45) is 0 Å². The number of esters is 1. The second kappa shape index (κ2) is 9.16. The summed E-state index contributed by atoms with van der Waals surface area (Å²) in [5, 5.41) is 2.89. The van der Waals surface area contributed by atoms with Crippen molar-refractivity contribution in [3.8, 4) is 0 Å². The predicted molar refractivity (Wildman–Crippen MR) is 82.9 cm³/mol. The molecule has 0 bridgehead atoms. The van der Waals surface area contributed by atoms with Crippen molar-refractivity contribution in [3.05, 3.63) is 35.9 Å². The van der Waals surface area contributed by atoms with E-state index >= 15 is 0 Å². The van der Waals surface area contributed by atoms with Crippen LogP contribution in [0.4, 0.5) is 0 Å². The van der Waals surface area contributed by atoms with Gasteiger partial charge >= 0.3 is 5.97 Å². The Bertz CT molecular complexity index is 443. The molecule has 1 aromatic rings. The maximum Gasteiger partial charge on any atom is 0.306 e. The minimum absolute atomic E-state index is 0.0147. The van der Waals surface area contributed by atoms with Crippen LogP contribution in [-0.2, 0) is 14.3 Å². The predicted octanol–water partition coefficient (Wildman–Crippen LogP) is 3.03. The van der Waals surface area contributed by atoms with E-state index in [0.29, 0.717) is 19.4 Å². The molecule has 0 aliphatic heterocycles. The molecule has 0 saturated heterocycles. The number of carbonyl (C=O) groups is 2. The van der Waals surface area contributed by atoms with Crippen molar-refractivity contribution in [2.45, 2.75) is 52.1 Å². The molecule has 21 heavy (non-hydrogen) atoms. The summed E-state index contributed by atoms with van der Waals surface area (Å²) in [6.07, 6.45) is 1.60. The Morgan fingerprint density at radius 2 is 1.86 bits per heavy atom. The highest BCUT2D eigenvalue weighted by Crippen LogP contribution is 2.19. The number of hydrogen-bond acceptors (Lipinski definition) is 3. The quantitative estimate of drug-likeness (QED) is 0.591. The summed E-state index contributed by atoms with van der Waals surface area (Å²) in [6, 6.07) is 9.75. The standard InChI is InChI=1S/C17H25NO3/c1-4-15(14-9-6-5-7-10-14)17(20)18-12-8-11-16(19)21-13(2)3/h5-7,9-10,13,15H,4,8,11-12H2,1-3H3,(H,18,20). The van der Waals surface area contributed by atoms with E-state index in [-0.39, 0.29) is 23.9 Å². The molecule has 4 nitrogen and oxygen atoms in total. The summed E-state index contributed by atoms with van der Waals surface area (Å²) >= 11 is 0. The van der Waals surface area contributed by atoms with E-state index in [4.69, 9.17) is 4.74 Å². The molecular weight excluding hydrogens is 266 g/mol. The first-order valence-corrected chi connectivity index (χ1v) is 7.56. The van der Waals surface area contributed by atoms with Crippen LogP contribution in [0.2, 0.25) is 0 Å². The van der Waals surface area contributed by atoms with E-state index in [1.807, 2.05) is 51.1 Å².